The lowest BCUT2D eigenvalue weighted by atomic mass is 9.82. The summed E-state index contributed by atoms with van der Waals surface area (Å²) in [7, 11) is 1.84. The first-order valence-corrected chi connectivity index (χ1v) is 9.82. The molecule has 1 aromatic carbocycles. The molecule has 0 saturated heterocycles. The highest BCUT2D eigenvalue weighted by Gasteiger charge is 2.38. The van der Waals surface area contributed by atoms with Crippen molar-refractivity contribution in [1.29, 1.82) is 0 Å². The number of aliphatic imine (C=N–C) groups is 1. The predicted molar refractivity (Wildman–Crippen MR) is 111 cm³/mol. The molecule has 1 unspecified atom stereocenters. The Morgan fingerprint density at radius 2 is 2.00 bits per heavy atom. The Balaban J connectivity index is 1.62. The maximum Gasteiger partial charge on any atom is 0.187 e. The molecule has 2 heterocycles. The Kier molecular flexibility index (Phi) is 5.09. The molecule has 1 aliphatic heterocycles. The van der Waals surface area contributed by atoms with Gasteiger partial charge in [-0.15, -0.1) is 0 Å². The van der Waals surface area contributed by atoms with Gasteiger partial charge in [-0.25, -0.2) is 9.98 Å². The molecule has 8 nitrogen and oxygen atoms in total. The van der Waals surface area contributed by atoms with Crippen molar-refractivity contribution in [2.45, 2.75) is 37.5 Å². The Bertz CT molecular complexity index is 912. The third-order valence-electron chi connectivity index (χ3n) is 5.37. The molecule has 4 rings (SSSR count). The van der Waals surface area contributed by atoms with Crippen molar-refractivity contribution in [3.8, 4) is 11.4 Å². The lowest BCUT2D eigenvalue weighted by molar-refractivity contribution is 0.179. The molecule has 0 spiro atoms. The number of aromatic nitrogens is 3. The van der Waals surface area contributed by atoms with Gasteiger partial charge in [0.25, 0.3) is 0 Å². The molecule has 1 atom stereocenters. The van der Waals surface area contributed by atoms with E-state index in [2.05, 4.69) is 20.7 Å². The molecule has 1 aromatic heterocycles. The van der Waals surface area contributed by atoms with Gasteiger partial charge < -0.3 is 16.4 Å². The van der Waals surface area contributed by atoms with Crippen molar-refractivity contribution >= 4 is 23.1 Å². The van der Waals surface area contributed by atoms with Crippen LogP contribution in [0.2, 0.25) is 0 Å². The summed E-state index contributed by atoms with van der Waals surface area (Å²) in [4.78, 5) is 9.11. The summed E-state index contributed by atoms with van der Waals surface area (Å²) in [5, 5.41) is 11.4. The molecule has 6 N–H and O–H groups in total. The number of hydrogen-bond donors (Lipinski definition) is 4. The van der Waals surface area contributed by atoms with Crippen molar-refractivity contribution in [2.24, 2.45) is 29.4 Å². The number of nitrogens with zero attached hydrogens (tertiary/aromatic N) is 4. The number of rotatable bonds is 3. The molecule has 0 radical (unpaired) electrons. The van der Waals surface area contributed by atoms with E-state index in [4.69, 9.17) is 28.1 Å². The molecule has 2 aromatic rings. The molecular formula is C19H25ClN8. The molecule has 1 saturated carbocycles. The number of aryl methyl sites for hydroxylation is 1. The van der Waals surface area contributed by atoms with Crippen molar-refractivity contribution in [3.63, 3.8) is 0 Å². The smallest absolute Gasteiger partial charge is 0.187 e. The normalized spacial score (nSPS) is 27.6. The fraction of sp³-hybridized carbons (Fsp3) is 0.421. The number of halogens is 1. The van der Waals surface area contributed by atoms with Gasteiger partial charge in [0.1, 0.15) is 12.2 Å². The van der Waals surface area contributed by atoms with Crippen molar-refractivity contribution < 1.29 is 0 Å². The Morgan fingerprint density at radius 3 is 2.71 bits per heavy atom. The average molecular weight is 401 g/mol. The second-order valence-corrected chi connectivity index (χ2v) is 7.85. The van der Waals surface area contributed by atoms with Gasteiger partial charge in [0.15, 0.2) is 11.6 Å². The number of anilines is 1. The average Bonchev–Trinajstić information content (AvgIpc) is 3.12. The maximum absolute atomic E-state index is 6.63. The summed E-state index contributed by atoms with van der Waals surface area (Å²) in [5.41, 5.74) is 14.3. The van der Waals surface area contributed by atoms with Gasteiger partial charge in [-0.2, -0.15) is 5.10 Å². The highest BCUT2D eigenvalue weighted by Crippen LogP contribution is 2.33. The summed E-state index contributed by atoms with van der Waals surface area (Å²) in [6.07, 6.45) is 7.15. The first-order valence-electron chi connectivity index (χ1n) is 9.45. The van der Waals surface area contributed by atoms with Crippen LogP contribution in [0.3, 0.4) is 0 Å². The largest absolute Gasteiger partial charge is 0.354 e. The van der Waals surface area contributed by atoms with E-state index in [-0.39, 0.29) is 12.0 Å². The summed E-state index contributed by atoms with van der Waals surface area (Å²) in [6.45, 7) is 0. The fourth-order valence-corrected chi connectivity index (χ4v) is 3.90. The Hall–Kier alpha value is -2.42. The number of hydrogen-bond acceptors (Lipinski definition) is 7. The molecule has 0 bridgehead atoms. The van der Waals surface area contributed by atoms with Crippen LogP contribution in [-0.4, -0.2) is 32.4 Å². The second-order valence-electron chi connectivity index (χ2n) is 7.45. The van der Waals surface area contributed by atoms with E-state index in [9.17, 15) is 0 Å². The lowest BCUT2D eigenvalue weighted by Gasteiger charge is -2.40. The molecule has 0 amide bonds. The zero-order chi connectivity index (χ0) is 19.7. The molecule has 28 heavy (non-hydrogen) atoms. The number of amidine groups is 1. The van der Waals surface area contributed by atoms with Gasteiger partial charge in [-0.1, -0.05) is 23.7 Å². The number of nitrogens with two attached hydrogens (primary N) is 2. The Morgan fingerprint density at radius 1 is 1.25 bits per heavy atom. The van der Waals surface area contributed by atoms with Gasteiger partial charge in [0.05, 0.1) is 10.7 Å². The third kappa shape index (κ3) is 3.76. The second kappa shape index (κ2) is 7.54. The van der Waals surface area contributed by atoms with E-state index >= 15 is 0 Å². The van der Waals surface area contributed by atoms with Crippen LogP contribution in [0, 0.1) is 5.92 Å². The quantitative estimate of drug-likeness (QED) is 0.626. The summed E-state index contributed by atoms with van der Waals surface area (Å²) >= 11 is 6.42. The minimum Gasteiger partial charge on any atom is -0.354 e. The van der Waals surface area contributed by atoms with Crippen LogP contribution >= 0.6 is 11.6 Å². The monoisotopic (exact) mass is 400 g/mol. The van der Waals surface area contributed by atoms with Crippen LogP contribution in [0.4, 0.5) is 5.69 Å². The highest BCUT2D eigenvalue weighted by atomic mass is 35.5. The van der Waals surface area contributed by atoms with E-state index in [1.165, 1.54) is 0 Å². The predicted octanol–water partition coefficient (Wildman–Crippen LogP) is 2.11. The number of nitrogens with one attached hydrogen (secondary N) is 2. The zero-order valence-electron chi connectivity index (χ0n) is 15.8. The van der Waals surface area contributed by atoms with Crippen molar-refractivity contribution in [1.82, 2.24) is 20.1 Å². The molecule has 148 valence electrons. The van der Waals surface area contributed by atoms with E-state index in [1.807, 2.05) is 31.3 Å². The maximum atomic E-state index is 6.63. The fourth-order valence-electron chi connectivity index (χ4n) is 3.75. The van der Waals surface area contributed by atoms with Crippen LogP contribution in [0.5, 0.6) is 0 Å². The first kappa shape index (κ1) is 18.9. The van der Waals surface area contributed by atoms with Gasteiger partial charge >= 0.3 is 0 Å². The van der Waals surface area contributed by atoms with Crippen LogP contribution in [0.1, 0.15) is 25.7 Å². The lowest BCUT2D eigenvalue weighted by Crippen LogP contribution is -2.59. The summed E-state index contributed by atoms with van der Waals surface area (Å²) in [6, 6.07) is 8.03. The molecule has 2 aliphatic rings. The van der Waals surface area contributed by atoms with Crippen molar-refractivity contribution in [3.05, 3.63) is 41.8 Å². The Labute approximate surface area is 169 Å². The van der Waals surface area contributed by atoms with Crippen LogP contribution in [0.25, 0.3) is 11.4 Å². The van der Waals surface area contributed by atoms with E-state index < -0.39 is 5.79 Å². The minimum atomic E-state index is -0.904. The molecule has 1 aliphatic carbocycles. The summed E-state index contributed by atoms with van der Waals surface area (Å²) in [5.74, 6) is 0.443. The third-order valence-corrected chi connectivity index (χ3v) is 5.66. The van der Waals surface area contributed by atoms with Gasteiger partial charge in [0, 0.05) is 30.8 Å². The topological polar surface area (TPSA) is 119 Å². The van der Waals surface area contributed by atoms with Gasteiger partial charge in [0.2, 0.25) is 0 Å². The van der Waals surface area contributed by atoms with E-state index in [0.717, 1.165) is 36.9 Å². The van der Waals surface area contributed by atoms with Crippen molar-refractivity contribution in [2.75, 3.05) is 5.32 Å². The zero-order valence-corrected chi connectivity index (χ0v) is 16.5. The molecule has 1 fully saturated rings. The number of para-hydroxylation sites is 1. The SMILES string of the molecule is Cn1cnc(-c2ccccc2NC2=NC(N)([C@H]3CC[C@H](N)CC3)NC=C2Cl)n1. The van der Waals surface area contributed by atoms with Crippen LogP contribution in [-0.2, 0) is 7.05 Å². The highest BCUT2D eigenvalue weighted by molar-refractivity contribution is 6.45. The standard InChI is InChI=1S/C19H25ClN8/c1-28-11-23-17(27-28)14-4-2-3-5-16(14)25-18-15(20)10-24-19(22,26-18)12-6-8-13(21)9-7-12/h2-5,10-13,24H,6-9,21-22H2,1H3,(H,25,26)/t12-,13-,19?. The van der Waals surface area contributed by atoms with Crippen LogP contribution in [0.15, 0.2) is 46.8 Å². The summed E-state index contributed by atoms with van der Waals surface area (Å²) < 4.78 is 1.67. The van der Waals surface area contributed by atoms with Crippen LogP contribution < -0.4 is 22.1 Å². The molecule has 9 heteroatoms. The van der Waals surface area contributed by atoms with E-state index in [0.29, 0.717) is 16.7 Å². The number of benzene rings is 1. The van der Waals surface area contributed by atoms with Gasteiger partial charge in [-0.05, 0) is 37.8 Å². The van der Waals surface area contributed by atoms with E-state index in [1.54, 1.807) is 17.2 Å². The first-order chi connectivity index (χ1) is 13.4. The van der Waals surface area contributed by atoms with Gasteiger partial charge in [-0.3, -0.25) is 10.4 Å². The minimum absolute atomic E-state index is 0.192. The molecular weight excluding hydrogens is 376 g/mol.